The predicted molar refractivity (Wildman–Crippen MR) is 66.2 cm³/mol. The van der Waals surface area contributed by atoms with Crippen molar-refractivity contribution in [1.82, 2.24) is 10.6 Å². The Bertz CT molecular complexity index is 412. The minimum atomic E-state index is 0.626. The first-order valence-corrected chi connectivity index (χ1v) is 5.51. The molecule has 0 amide bonds. The second-order valence-electron chi connectivity index (χ2n) is 3.53. The van der Waals surface area contributed by atoms with Gasteiger partial charge in [-0.1, -0.05) is 30.0 Å². The Hall–Kier alpha value is -1.95. The van der Waals surface area contributed by atoms with Crippen LogP contribution in [0.2, 0.25) is 0 Å². The summed E-state index contributed by atoms with van der Waals surface area (Å²) in [5.41, 5.74) is 1.04. The number of nitrogens with one attached hydrogen (secondary N) is 2. The molecule has 0 fully saturated rings. The largest absolute Gasteiger partial charge is 0.356 e. The smallest absolute Gasteiger partial charge is 0.192 e. The van der Waals surface area contributed by atoms with Crippen molar-refractivity contribution in [1.29, 1.82) is 0 Å². The Kier molecular flexibility index (Phi) is 3.84. The quantitative estimate of drug-likeness (QED) is 0.682. The molecule has 0 saturated heterocycles. The molecule has 0 atom stereocenters. The molecule has 0 saturated carbocycles. The molecule has 1 aliphatic rings. The lowest BCUT2D eigenvalue weighted by atomic mass is 10.2. The van der Waals surface area contributed by atoms with Gasteiger partial charge in [0.2, 0.25) is 0 Å². The van der Waals surface area contributed by atoms with Gasteiger partial charge in [0.15, 0.2) is 5.96 Å². The van der Waals surface area contributed by atoms with Gasteiger partial charge in [-0.2, -0.15) is 0 Å². The van der Waals surface area contributed by atoms with Crippen molar-refractivity contribution in [3.8, 4) is 11.8 Å². The number of hydrogen-bond donors (Lipinski definition) is 2. The van der Waals surface area contributed by atoms with Crippen LogP contribution < -0.4 is 10.6 Å². The maximum atomic E-state index is 4.30. The minimum Gasteiger partial charge on any atom is -0.356 e. The molecule has 1 aromatic carbocycles. The summed E-state index contributed by atoms with van der Waals surface area (Å²) >= 11 is 0. The van der Waals surface area contributed by atoms with Gasteiger partial charge in [-0.3, -0.25) is 4.99 Å². The van der Waals surface area contributed by atoms with Crippen molar-refractivity contribution in [2.45, 2.75) is 6.42 Å². The number of hydrogen-bond acceptors (Lipinski definition) is 3. The summed E-state index contributed by atoms with van der Waals surface area (Å²) in [6.07, 6.45) is 1.11. The molecular weight excluding hydrogens is 198 g/mol. The van der Waals surface area contributed by atoms with E-state index >= 15 is 0 Å². The Balaban J connectivity index is 1.80. The fourth-order valence-corrected chi connectivity index (χ4v) is 1.45. The van der Waals surface area contributed by atoms with Gasteiger partial charge in [-0.25, -0.2) is 0 Å². The van der Waals surface area contributed by atoms with E-state index in [4.69, 9.17) is 0 Å². The topological polar surface area (TPSA) is 36.4 Å². The molecule has 1 aromatic rings. The summed E-state index contributed by atoms with van der Waals surface area (Å²) in [4.78, 5) is 4.30. The van der Waals surface area contributed by atoms with E-state index in [1.54, 1.807) is 0 Å². The Morgan fingerprint density at radius 3 is 2.94 bits per heavy atom. The molecule has 16 heavy (non-hydrogen) atoms. The standard InChI is InChI=1S/C13H15N3/c1-2-6-12(7-3-1)8-4-9-14-13-15-10-5-11-16-13/h1-3,6-7H,5,9-11H2,(H2,14,15,16). The van der Waals surface area contributed by atoms with Gasteiger partial charge in [0.25, 0.3) is 0 Å². The maximum absolute atomic E-state index is 4.30. The van der Waals surface area contributed by atoms with Crippen LogP contribution in [0.25, 0.3) is 0 Å². The number of benzene rings is 1. The average Bonchev–Trinajstić information content (AvgIpc) is 2.37. The molecule has 0 aromatic heterocycles. The van der Waals surface area contributed by atoms with Crippen molar-refractivity contribution in [3.05, 3.63) is 35.9 Å². The zero-order chi connectivity index (χ0) is 11.1. The first-order valence-electron chi connectivity index (χ1n) is 5.51. The summed E-state index contributed by atoms with van der Waals surface area (Å²) in [6.45, 7) is 2.53. The fraction of sp³-hybridized carbons (Fsp3) is 0.308. The lowest BCUT2D eigenvalue weighted by molar-refractivity contribution is 0.715. The third-order valence-corrected chi connectivity index (χ3v) is 2.25. The third kappa shape index (κ3) is 3.32. The van der Waals surface area contributed by atoms with Gasteiger partial charge >= 0.3 is 0 Å². The van der Waals surface area contributed by atoms with Gasteiger partial charge in [0.1, 0.15) is 0 Å². The van der Waals surface area contributed by atoms with Gasteiger partial charge in [-0.05, 0) is 18.6 Å². The van der Waals surface area contributed by atoms with Crippen LogP contribution in [0.15, 0.2) is 35.3 Å². The Morgan fingerprint density at radius 2 is 2.19 bits per heavy atom. The Morgan fingerprint density at radius 1 is 1.31 bits per heavy atom. The van der Waals surface area contributed by atoms with E-state index in [-0.39, 0.29) is 0 Å². The monoisotopic (exact) mass is 213 g/mol. The SMILES string of the molecule is C(#Cc1ccccc1)CNC1=NCCCN1. The highest BCUT2D eigenvalue weighted by molar-refractivity contribution is 5.80. The first kappa shape index (κ1) is 10.6. The molecule has 0 radical (unpaired) electrons. The summed E-state index contributed by atoms with van der Waals surface area (Å²) in [7, 11) is 0. The lowest BCUT2D eigenvalue weighted by Gasteiger charge is -2.14. The van der Waals surface area contributed by atoms with Crippen LogP contribution in [0.1, 0.15) is 12.0 Å². The fourth-order valence-electron chi connectivity index (χ4n) is 1.45. The molecule has 1 heterocycles. The van der Waals surface area contributed by atoms with Gasteiger partial charge in [0.05, 0.1) is 6.54 Å². The molecule has 82 valence electrons. The lowest BCUT2D eigenvalue weighted by Crippen LogP contribution is -2.40. The van der Waals surface area contributed by atoms with E-state index in [0.29, 0.717) is 6.54 Å². The van der Waals surface area contributed by atoms with Crippen molar-refractivity contribution >= 4 is 5.96 Å². The van der Waals surface area contributed by atoms with E-state index in [0.717, 1.165) is 31.0 Å². The van der Waals surface area contributed by atoms with Crippen molar-refractivity contribution in [3.63, 3.8) is 0 Å². The van der Waals surface area contributed by atoms with Crippen LogP contribution in [0.4, 0.5) is 0 Å². The first-order chi connectivity index (χ1) is 7.95. The van der Waals surface area contributed by atoms with Crippen molar-refractivity contribution < 1.29 is 0 Å². The van der Waals surface area contributed by atoms with Crippen molar-refractivity contribution in [2.24, 2.45) is 4.99 Å². The molecule has 0 spiro atoms. The second-order valence-corrected chi connectivity index (χ2v) is 3.53. The Labute approximate surface area is 96.0 Å². The molecule has 2 N–H and O–H groups in total. The molecule has 0 unspecified atom stereocenters. The van der Waals surface area contributed by atoms with Crippen molar-refractivity contribution in [2.75, 3.05) is 19.6 Å². The number of aliphatic imine (C=N–C) groups is 1. The number of nitrogens with zero attached hydrogens (tertiary/aromatic N) is 1. The van der Waals surface area contributed by atoms with Crippen LogP contribution >= 0.6 is 0 Å². The van der Waals surface area contributed by atoms with E-state index < -0.39 is 0 Å². The molecule has 3 nitrogen and oxygen atoms in total. The normalized spacial score (nSPS) is 14.1. The van der Waals surface area contributed by atoms with Crippen LogP contribution in [0.3, 0.4) is 0 Å². The van der Waals surface area contributed by atoms with E-state index in [1.807, 2.05) is 30.3 Å². The van der Waals surface area contributed by atoms with Gasteiger partial charge < -0.3 is 10.6 Å². The zero-order valence-electron chi connectivity index (χ0n) is 9.16. The van der Waals surface area contributed by atoms with E-state index in [9.17, 15) is 0 Å². The highest BCUT2D eigenvalue weighted by atomic mass is 15.2. The summed E-state index contributed by atoms with van der Waals surface area (Å²) in [5, 5.41) is 6.35. The average molecular weight is 213 g/mol. The minimum absolute atomic E-state index is 0.626. The summed E-state index contributed by atoms with van der Waals surface area (Å²) in [6, 6.07) is 9.98. The second kappa shape index (κ2) is 5.82. The van der Waals surface area contributed by atoms with E-state index in [1.165, 1.54) is 0 Å². The van der Waals surface area contributed by atoms with Gasteiger partial charge in [0, 0.05) is 18.7 Å². The number of guanidine groups is 1. The molecule has 0 bridgehead atoms. The molecular formula is C13H15N3. The summed E-state index contributed by atoms with van der Waals surface area (Å²) in [5.74, 6) is 7.03. The predicted octanol–water partition coefficient (Wildman–Crippen LogP) is 0.977. The molecule has 0 aliphatic carbocycles. The van der Waals surface area contributed by atoms with Crippen LogP contribution in [0, 0.1) is 11.8 Å². The van der Waals surface area contributed by atoms with Gasteiger partial charge in [-0.15, -0.1) is 0 Å². The number of rotatable bonds is 1. The van der Waals surface area contributed by atoms with E-state index in [2.05, 4.69) is 27.5 Å². The summed E-state index contributed by atoms with van der Waals surface area (Å²) < 4.78 is 0. The molecule has 2 rings (SSSR count). The van der Waals surface area contributed by atoms with Crippen LogP contribution in [-0.4, -0.2) is 25.6 Å². The maximum Gasteiger partial charge on any atom is 0.192 e. The highest BCUT2D eigenvalue weighted by Crippen LogP contribution is 1.94. The third-order valence-electron chi connectivity index (χ3n) is 2.25. The molecule has 1 aliphatic heterocycles. The molecule has 3 heteroatoms. The van der Waals surface area contributed by atoms with Crippen LogP contribution in [-0.2, 0) is 0 Å². The van der Waals surface area contributed by atoms with Crippen LogP contribution in [0.5, 0.6) is 0 Å². The zero-order valence-corrected chi connectivity index (χ0v) is 9.16. The highest BCUT2D eigenvalue weighted by Gasteiger charge is 2.00.